The summed E-state index contributed by atoms with van der Waals surface area (Å²) in [5.41, 5.74) is 5.64. The lowest BCUT2D eigenvalue weighted by Crippen LogP contribution is -2.47. The van der Waals surface area contributed by atoms with E-state index in [9.17, 15) is 20.1 Å². The molecule has 222 valence electrons. The first-order chi connectivity index (χ1) is 18.0. The van der Waals surface area contributed by atoms with Gasteiger partial charge in [-0.05, 0) is 12.8 Å². The lowest BCUT2D eigenvalue weighted by Gasteiger charge is -2.26. The Labute approximate surface area is 230 Å². The molecule has 5 N–H and O–H groups in total. The van der Waals surface area contributed by atoms with Crippen LogP contribution in [0.4, 0.5) is 0 Å². The van der Waals surface area contributed by atoms with Crippen LogP contribution in [0.2, 0.25) is 0 Å². The van der Waals surface area contributed by atoms with Crippen LogP contribution < -0.4 is 5.73 Å². The lowest BCUT2D eigenvalue weighted by atomic mass is 9.87. The maximum atomic E-state index is 12.7. The molecule has 0 fully saturated rings. The molecule has 5 nitrogen and oxygen atoms in total. The minimum atomic E-state index is -1.44. The van der Waals surface area contributed by atoms with E-state index in [0.717, 1.165) is 38.5 Å². The highest BCUT2D eigenvalue weighted by molar-refractivity contribution is 5.86. The van der Waals surface area contributed by atoms with Crippen LogP contribution in [0.1, 0.15) is 174 Å². The molecule has 2 unspecified atom stereocenters. The maximum Gasteiger partial charge on any atom is 0.170 e. The van der Waals surface area contributed by atoms with Gasteiger partial charge >= 0.3 is 0 Å². The number of unbranched alkanes of at least 4 members (excludes halogenated alkanes) is 21. The lowest BCUT2D eigenvalue weighted by molar-refractivity contribution is -0.140. The molecular formula is C32H65NO4. The van der Waals surface area contributed by atoms with Crippen LogP contribution in [0, 0.1) is 5.92 Å². The first-order valence-corrected chi connectivity index (χ1v) is 16.3. The van der Waals surface area contributed by atoms with Gasteiger partial charge in [-0.2, -0.15) is 0 Å². The monoisotopic (exact) mass is 527 g/mol. The Bertz CT molecular complexity index is 485. The van der Waals surface area contributed by atoms with Gasteiger partial charge in [0.05, 0.1) is 12.0 Å². The summed E-state index contributed by atoms with van der Waals surface area (Å²) in [5.74, 6) is -1.61. The fourth-order valence-corrected chi connectivity index (χ4v) is 5.33. The van der Waals surface area contributed by atoms with E-state index in [1.807, 2.05) is 0 Å². The van der Waals surface area contributed by atoms with Crippen LogP contribution in [-0.4, -0.2) is 39.5 Å². The zero-order valence-electron chi connectivity index (χ0n) is 24.8. The topological polar surface area (TPSA) is 104 Å². The van der Waals surface area contributed by atoms with Gasteiger partial charge in [0.1, 0.15) is 12.3 Å². The van der Waals surface area contributed by atoms with Crippen molar-refractivity contribution >= 4 is 5.78 Å². The predicted molar refractivity (Wildman–Crippen MR) is 157 cm³/mol. The molecule has 0 amide bonds. The molecule has 0 bridgehead atoms. The van der Waals surface area contributed by atoms with Crippen LogP contribution in [0.15, 0.2) is 0 Å². The number of carbonyl (C=O) groups is 1. The molecule has 5 heteroatoms. The Balaban J connectivity index is 3.88. The minimum Gasteiger partial charge on any atom is -0.392 e. The van der Waals surface area contributed by atoms with Crippen molar-refractivity contribution in [3.63, 3.8) is 0 Å². The third kappa shape index (κ3) is 22.1. The van der Waals surface area contributed by atoms with Gasteiger partial charge in [-0.1, -0.05) is 162 Å². The highest BCUT2D eigenvalue weighted by Gasteiger charge is 2.34. The zero-order valence-corrected chi connectivity index (χ0v) is 24.8. The quantitative estimate of drug-likeness (QED) is 0.0583. The third-order valence-corrected chi connectivity index (χ3v) is 7.87. The van der Waals surface area contributed by atoms with Gasteiger partial charge in [0.15, 0.2) is 5.78 Å². The van der Waals surface area contributed by atoms with Crippen molar-refractivity contribution in [1.29, 1.82) is 0 Å². The molecule has 0 heterocycles. The van der Waals surface area contributed by atoms with E-state index in [0.29, 0.717) is 12.8 Å². The van der Waals surface area contributed by atoms with Crippen molar-refractivity contribution in [2.24, 2.45) is 11.7 Å². The van der Waals surface area contributed by atoms with E-state index >= 15 is 0 Å². The van der Waals surface area contributed by atoms with Gasteiger partial charge in [-0.25, -0.2) is 0 Å². The van der Waals surface area contributed by atoms with E-state index in [4.69, 9.17) is 5.73 Å². The average Bonchev–Trinajstić information content (AvgIpc) is 2.87. The van der Waals surface area contributed by atoms with Crippen molar-refractivity contribution in [3.8, 4) is 0 Å². The fraction of sp³-hybridized carbons (Fsp3) is 0.969. The van der Waals surface area contributed by atoms with Crippen molar-refractivity contribution in [2.75, 3.05) is 0 Å². The van der Waals surface area contributed by atoms with Gasteiger partial charge in [-0.3, -0.25) is 4.79 Å². The van der Waals surface area contributed by atoms with Gasteiger partial charge < -0.3 is 21.1 Å². The molecule has 0 aliphatic rings. The Morgan fingerprint density at radius 1 is 0.514 bits per heavy atom. The van der Waals surface area contributed by atoms with E-state index < -0.39 is 30.1 Å². The molecule has 0 rings (SSSR count). The molecule has 4 atom stereocenters. The predicted octanol–water partition coefficient (Wildman–Crippen LogP) is 7.96. The van der Waals surface area contributed by atoms with Gasteiger partial charge in [0.25, 0.3) is 0 Å². The second-order valence-corrected chi connectivity index (χ2v) is 11.5. The number of carbonyl (C=O) groups excluding carboxylic acids is 1. The summed E-state index contributed by atoms with van der Waals surface area (Å²) in [4.78, 5) is 12.7. The summed E-state index contributed by atoms with van der Waals surface area (Å²) < 4.78 is 0. The molecule has 0 saturated heterocycles. The number of hydrogen-bond donors (Lipinski definition) is 4. The Hall–Kier alpha value is -0.490. The molecule has 0 saturated carbocycles. The van der Waals surface area contributed by atoms with Crippen LogP contribution in [0.25, 0.3) is 0 Å². The molecule has 0 aromatic heterocycles. The van der Waals surface area contributed by atoms with Crippen LogP contribution in [0.3, 0.4) is 0 Å². The molecule has 0 aromatic rings. The summed E-state index contributed by atoms with van der Waals surface area (Å²) >= 11 is 0. The number of aliphatic hydroxyl groups is 3. The molecular weight excluding hydrogens is 462 g/mol. The van der Waals surface area contributed by atoms with E-state index in [1.165, 1.54) is 109 Å². The zero-order chi connectivity index (χ0) is 27.6. The number of rotatable bonds is 29. The van der Waals surface area contributed by atoms with Crippen molar-refractivity contribution in [2.45, 2.75) is 193 Å². The molecule has 0 aliphatic heterocycles. The average molecular weight is 528 g/mol. The van der Waals surface area contributed by atoms with E-state index in [1.54, 1.807) is 0 Å². The Kier molecular flexibility index (Phi) is 26.7. The van der Waals surface area contributed by atoms with Gasteiger partial charge in [0, 0.05) is 0 Å². The smallest absolute Gasteiger partial charge is 0.170 e. The summed E-state index contributed by atoms with van der Waals surface area (Å²) in [6.45, 7) is 4.49. The molecule has 0 radical (unpaired) electrons. The van der Waals surface area contributed by atoms with Crippen LogP contribution >= 0.6 is 0 Å². The summed E-state index contributed by atoms with van der Waals surface area (Å²) in [6, 6.07) is 0. The fourth-order valence-electron chi connectivity index (χ4n) is 5.33. The minimum absolute atomic E-state index is 0.379. The Morgan fingerprint density at radius 3 is 1.14 bits per heavy atom. The number of aliphatic hydroxyl groups excluding tert-OH is 3. The summed E-state index contributed by atoms with van der Waals surface area (Å²) in [7, 11) is 0. The number of nitrogens with two attached hydrogens (primary N) is 1. The number of ketones is 1. The molecule has 0 spiro atoms. The molecule has 0 aliphatic carbocycles. The third-order valence-electron chi connectivity index (χ3n) is 7.87. The summed E-state index contributed by atoms with van der Waals surface area (Å²) in [6.07, 6.45) is 25.4. The first-order valence-electron chi connectivity index (χ1n) is 16.3. The largest absolute Gasteiger partial charge is 0.392 e. The second kappa shape index (κ2) is 27.1. The highest BCUT2D eigenvalue weighted by Crippen LogP contribution is 2.20. The molecule has 0 aromatic carbocycles. The second-order valence-electron chi connectivity index (χ2n) is 11.5. The van der Waals surface area contributed by atoms with Crippen molar-refractivity contribution in [1.82, 2.24) is 0 Å². The van der Waals surface area contributed by atoms with Gasteiger partial charge in [0.2, 0.25) is 0 Å². The van der Waals surface area contributed by atoms with Crippen molar-refractivity contribution in [3.05, 3.63) is 0 Å². The van der Waals surface area contributed by atoms with Crippen molar-refractivity contribution < 1.29 is 20.1 Å². The van der Waals surface area contributed by atoms with Gasteiger partial charge in [-0.15, -0.1) is 0 Å². The summed E-state index contributed by atoms with van der Waals surface area (Å²) in [5, 5.41) is 30.9. The SMILES string of the molecule is CCCCCCCCCCCCCCC[C@@H](O)[C@H](C(=O)C(O)CCCCCCCCCCCC)C(N)O. The highest BCUT2D eigenvalue weighted by atomic mass is 16.3. The number of Topliss-reactive ketones (excluding diaryl/α,β-unsaturated/α-hetero) is 1. The normalized spacial score (nSPS) is 15.0. The van der Waals surface area contributed by atoms with Crippen LogP contribution in [-0.2, 0) is 4.79 Å². The molecule has 37 heavy (non-hydrogen) atoms. The standard InChI is InChI=1S/C32H65NO4/c1-3-5-7-9-11-13-15-16-17-19-20-22-24-26-28(34)30(32(33)37)31(36)29(35)27-25-23-21-18-14-12-10-8-6-4-2/h28-30,32,34-35,37H,3-27,33H2,1-2H3/t28-,29?,30-,32?/m1/s1. The van der Waals surface area contributed by atoms with E-state index in [-0.39, 0.29) is 0 Å². The first kappa shape index (κ1) is 36.5. The maximum absolute atomic E-state index is 12.7. The van der Waals surface area contributed by atoms with E-state index in [2.05, 4.69) is 13.8 Å². The number of hydrogen-bond acceptors (Lipinski definition) is 5. The van der Waals surface area contributed by atoms with Crippen LogP contribution in [0.5, 0.6) is 0 Å². The Morgan fingerprint density at radius 2 is 0.811 bits per heavy atom.